The van der Waals surface area contributed by atoms with Gasteiger partial charge in [0, 0.05) is 82.0 Å². The molecule has 0 unspecified atom stereocenters. The summed E-state index contributed by atoms with van der Waals surface area (Å²) in [6.45, 7) is 5.48. The van der Waals surface area contributed by atoms with Crippen molar-refractivity contribution in [2.45, 2.75) is 24.9 Å². The van der Waals surface area contributed by atoms with Gasteiger partial charge in [-0.3, -0.25) is 4.90 Å². The van der Waals surface area contributed by atoms with Gasteiger partial charge in [0.15, 0.2) is 0 Å². The van der Waals surface area contributed by atoms with E-state index in [1.54, 1.807) is 0 Å². The molecule has 11 heteroatoms. The number of carbonyl (C=O) groups is 3. The molecule has 216 valence electrons. The summed E-state index contributed by atoms with van der Waals surface area (Å²) in [5.41, 5.74) is 0.717. The number of carboxylic acid groups (broad SMARTS) is 3. The number of para-hydroxylation sites is 1. The molecular formula is C30H31N4O7-3. The summed E-state index contributed by atoms with van der Waals surface area (Å²) in [5.74, 6) is -4.81. The standard InChI is InChI=1S/C24H26N4.C6H8O7/c1-26-23(25-22-12-11-19-7-5-6-10-21(19)24(22)26)13-14-27-15-17-28(18-16-27)20-8-3-2-4-9-20;7-3(8)1-6(13,5(11)12)2-4(9)10/h2-12H,13-18H2,1H3;13H,1-2H2,(H,7,8)(H,9,10)(H,11,12)/p-3. The normalized spacial score (nSPS) is 14.0. The number of benzene rings is 3. The van der Waals surface area contributed by atoms with E-state index >= 15 is 0 Å². The summed E-state index contributed by atoms with van der Waals surface area (Å²) in [7, 11) is 2.16. The third-order valence-electron chi connectivity index (χ3n) is 7.25. The summed E-state index contributed by atoms with van der Waals surface area (Å²) in [4.78, 5) is 40.0. The second kappa shape index (κ2) is 12.8. The van der Waals surface area contributed by atoms with Crippen LogP contribution in [0.25, 0.3) is 21.8 Å². The van der Waals surface area contributed by atoms with Crippen LogP contribution >= 0.6 is 0 Å². The lowest BCUT2D eigenvalue weighted by molar-refractivity contribution is -0.339. The molecule has 0 bridgehead atoms. The van der Waals surface area contributed by atoms with Crippen LogP contribution in [0.1, 0.15) is 18.7 Å². The third-order valence-corrected chi connectivity index (χ3v) is 7.25. The SMILES string of the molecule is Cn1c(CCN2CCN(c3ccccc3)CC2)nc2ccc3ccccc3c21.O=C([O-])CC(O)(CC(=O)[O-])C(=O)[O-]. The second-order valence-corrected chi connectivity index (χ2v) is 10.1. The maximum atomic E-state index is 10.1. The van der Waals surface area contributed by atoms with Crippen LogP contribution in [0, 0.1) is 0 Å². The number of hydrogen-bond acceptors (Lipinski definition) is 10. The molecule has 1 aromatic heterocycles. The number of aliphatic carboxylic acids is 3. The van der Waals surface area contributed by atoms with Crippen molar-refractivity contribution < 1.29 is 34.8 Å². The predicted molar refractivity (Wildman–Crippen MR) is 146 cm³/mol. The molecule has 0 spiro atoms. The highest BCUT2D eigenvalue weighted by atomic mass is 16.4. The zero-order chi connectivity index (χ0) is 29.6. The molecule has 0 radical (unpaired) electrons. The minimum Gasteiger partial charge on any atom is -0.550 e. The Morgan fingerprint density at radius 2 is 1.46 bits per heavy atom. The zero-order valence-corrected chi connectivity index (χ0v) is 22.7. The highest BCUT2D eigenvalue weighted by Gasteiger charge is 2.29. The number of aromatic nitrogens is 2. The Labute approximate surface area is 236 Å². The highest BCUT2D eigenvalue weighted by molar-refractivity contribution is 6.04. The summed E-state index contributed by atoms with van der Waals surface area (Å²) in [6.07, 6.45) is -1.72. The lowest BCUT2D eigenvalue weighted by Gasteiger charge is -2.36. The molecule has 41 heavy (non-hydrogen) atoms. The molecule has 0 amide bonds. The van der Waals surface area contributed by atoms with Gasteiger partial charge in [-0.2, -0.15) is 0 Å². The average Bonchev–Trinajstić information content (AvgIpc) is 3.27. The van der Waals surface area contributed by atoms with E-state index in [4.69, 9.17) is 10.1 Å². The molecular weight excluding hydrogens is 528 g/mol. The molecule has 3 aromatic carbocycles. The Morgan fingerprint density at radius 1 is 0.854 bits per heavy atom. The molecule has 1 N–H and O–H groups in total. The molecule has 1 saturated heterocycles. The van der Waals surface area contributed by atoms with Crippen molar-refractivity contribution in [2.75, 3.05) is 37.6 Å². The predicted octanol–water partition coefficient (Wildman–Crippen LogP) is -1.16. The molecule has 2 heterocycles. The Morgan fingerprint density at radius 3 is 2.07 bits per heavy atom. The van der Waals surface area contributed by atoms with Gasteiger partial charge in [-0.1, -0.05) is 48.5 Å². The molecule has 0 saturated carbocycles. The maximum absolute atomic E-state index is 10.1. The third kappa shape index (κ3) is 7.19. The van der Waals surface area contributed by atoms with Crippen molar-refractivity contribution in [1.29, 1.82) is 0 Å². The van der Waals surface area contributed by atoms with Crippen molar-refractivity contribution >= 4 is 45.4 Å². The Balaban J connectivity index is 0.000000254. The van der Waals surface area contributed by atoms with Crippen LogP contribution in [0.15, 0.2) is 66.7 Å². The lowest BCUT2D eigenvalue weighted by Crippen LogP contribution is -2.54. The first-order chi connectivity index (χ1) is 19.6. The van der Waals surface area contributed by atoms with E-state index in [-0.39, 0.29) is 0 Å². The quantitative estimate of drug-likeness (QED) is 0.264. The smallest absolute Gasteiger partial charge is 0.114 e. The molecule has 0 aliphatic carbocycles. The van der Waals surface area contributed by atoms with Gasteiger partial charge in [-0.25, -0.2) is 4.98 Å². The van der Waals surface area contributed by atoms with Gasteiger partial charge >= 0.3 is 0 Å². The van der Waals surface area contributed by atoms with Crippen LogP contribution in [-0.4, -0.2) is 75.8 Å². The van der Waals surface area contributed by atoms with Gasteiger partial charge in [-0.05, 0) is 23.6 Å². The number of rotatable bonds is 9. The largest absolute Gasteiger partial charge is 0.550 e. The molecule has 11 nitrogen and oxygen atoms in total. The average molecular weight is 560 g/mol. The van der Waals surface area contributed by atoms with E-state index in [9.17, 15) is 29.7 Å². The number of aliphatic hydroxyl groups is 1. The number of hydrogen-bond donors (Lipinski definition) is 1. The fourth-order valence-electron chi connectivity index (χ4n) is 5.06. The Kier molecular flexibility index (Phi) is 9.21. The van der Waals surface area contributed by atoms with Gasteiger partial charge in [0.05, 0.1) is 17.0 Å². The lowest BCUT2D eigenvalue weighted by atomic mass is 9.96. The maximum Gasteiger partial charge on any atom is 0.114 e. The van der Waals surface area contributed by atoms with Gasteiger partial charge < -0.3 is 44.3 Å². The van der Waals surface area contributed by atoms with E-state index in [1.165, 1.54) is 27.8 Å². The molecule has 1 aliphatic rings. The molecule has 1 fully saturated rings. The van der Waals surface area contributed by atoms with Gasteiger partial charge in [0.2, 0.25) is 0 Å². The minimum atomic E-state index is -2.97. The number of imidazole rings is 1. The van der Waals surface area contributed by atoms with E-state index in [0.717, 1.165) is 44.7 Å². The van der Waals surface area contributed by atoms with Crippen molar-refractivity contribution in [1.82, 2.24) is 14.5 Å². The van der Waals surface area contributed by atoms with Gasteiger partial charge in [0.1, 0.15) is 11.4 Å². The van der Waals surface area contributed by atoms with E-state index in [0.29, 0.717) is 0 Å². The second-order valence-electron chi connectivity index (χ2n) is 10.1. The van der Waals surface area contributed by atoms with Crippen LogP contribution < -0.4 is 20.2 Å². The van der Waals surface area contributed by atoms with Crippen molar-refractivity contribution in [2.24, 2.45) is 7.05 Å². The molecule has 1 aliphatic heterocycles. The number of carbonyl (C=O) groups excluding carboxylic acids is 3. The fourth-order valence-corrected chi connectivity index (χ4v) is 5.06. The summed E-state index contributed by atoms with van der Waals surface area (Å²) >= 11 is 0. The monoisotopic (exact) mass is 559 g/mol. The van der Waals surface area contributed by atoms with Crippen LogP contribution in [0.5, 0.6) is 0 Å². The number of piperazine rings is 1. The van der Waals surface area contributed by atoms with Crippen molar-refractivity contribution in [3.63, 3.8) is 0 Å². The van der Waals surface area contributed by atoms with Crippen molar-refractivity contribution in [3.8, 4) is 0 Å². The minimum absolute atomic E-state index is 0.991. The first-order valence-electron chi connectivity index (χ1n) is 13.3. The number of aryl methyl sites for hydroxylation is 1. The number of fused-ring (bicyclic) bond motifs is 3. The summed E-state index contributed by atoms with van der Waals surface area (Å²) in [5, 5.41) is 41.5. The van der Waals surface area contributed by atoms with E-state index < -0.39 is 36.4 Å². The van der Waals surface area contributed by atoms with Crippen LogP contribution in [0.3, 0.4) is 0 Å². The number of carboxylic acids is 3. The number of anilines is 1. The zero-order valence-electron chi connectivity index (χ0n) is 22.7. The van der Waals surface area contributed by atoms with Crippen LogP contribution in [0.2, 0.25) is 0 Å². The summed E-state index contributed by atoms with van der Waals surface area (Å²) < 4.78 is 2.29. The van der Waals surface area contributed by atoms with Crippen LogP contribution in [0.4, 0.5) is 5.69 Å². The topological polar surface area (TPSA) is 165 Å². The first-order valence-corrected chi connectivity index (χ1v) is 13.3. The molecule has 4 aromatic rings. The van der Waals surface area contributed by atoms with E-state index in [1.807, 2.05) is 0 Å². The Hall–Kier alpha value is -4.48. The molecule has 5 rings (SSSR count). The fraction of sp³-hybridized carbons (Fsp3) is 0.333. The molecule has 0 atom stereocenters. The number of nitrogens with zero attached hydrogens (tertiary/aromatic N) is 4. The van der Waals surface area contributed by atoms with E-state index in [2.05, 4.69) is 88.1 Å². The Bertz CT molecular complexity index is 1510. The van der Waals surface area contributed by atoms with Gasteiger partial charge in [0.25, 0.3) is 0 Å². The van der Waals surface area contributed by atoms with Crippen LogP contribution in [-0.2, 0) is 27.9 Å². The summed E-state index contributed by atoms with van der Waals surface area (Å²) in [6, 6.07) is 23.7. The first kappa shape index (κ1) is 29.5. The van der Waals surface area contributed by atoms with Gasteiger partial charge in [-0.15, -0.1) is 0 Å². The van der Waals surface area contributed by atoms with Crippen molar-refractivity contribution in [3.05, 3.63) is 72.6 Å². The highest BCUT2D eigenvalue weighted by Crippen LogP contribution is 2.26.